The Bertz CT molecular complexity index is 447. The van der Waals surface area contributed by atoms with E-state index in [2.05, 4.69) is 0 Å². The number of aryl methyl sites for hydroxylation is 1. The fraction of sp³-hybridized carbons (Fsp3) is 0.200. The molecule has 0 atom stereocenters. The minimum absolute atomic E-state index is 0.230. The fourth-order valence-corrected chi connectivity index (χ4v) is 2.26. The minimum Gasteiger partial charge on any atom is -0.506 e. The molecular weight excluding hydrogens is 187 g/mol. The van der Waals surface area contributed by atoms with Crippen molar-refractivity contribution in [2.75, 3.05) is 0 Å². The smallest absolute Gasteiger partial charge is 0.141 e. The van der Waals surface area contributed by atoms with Crippen LogP contribution in [0.15, 0.2) is 17.5 Å². The van der Waals surface area contributed by atoms with E-state index >= 15 is 0 Å². The van der Waals surface area contributed by atoms with Crippen LogP contribution >= 0.6 is 11.3 Å². The highest BCUT2D eigenvalue weighted by Crippen LogP contribution is 2.34. The first-order valence-electron chi connectivity index (χ1n) is 4.11. The average Bonchev–Trinajstić information content (AvgIpc) is 2.50. The van der Waals surface area contributed by atoms with Crippen LogP contribution in [0.1, 0.15) is 12.5 Å². The lowest BCUT2D eigenvalue weighted by Crippen LogP contribution is -1.80. The standard InChI is InChI=1S/C10H9FOS/c1-2-6-3-4-7-8(11)5-13-10(7)9(6)12/h3-5,12H,2H2,1H3. The fourth-order valence-electron chi connectivity index (χ4n) is 1.38. The Hall–Kier alpha value is -1.09. The van der Waals surface area contributed by atoms with Gasteiger partial charge in [-0.3, -0.25) is 0 Å². The predicted octanol–water partition coefficient (Wildman–Crippen LogP) is 3.31. The van der Waals surface area contributed by atoms with Gasteiger partial charge in [-0.25, -0.2) is 4.39 Å². The van der Waals surface area contributed by atoms with Crippen molar-refractivity contribution < 1.29 is 9.50 Å². The first-order valence-corrected chi connectivity index (χ1v) is 4.99. The molecule has 0 aliphatic rings. The molecule has 0 saturated carbocycles. The number of phenolic OH excluding ortho intramolecular Hbond substituents is 1. The van der Waals surface area contributed by atoms with Crippen LogP contribution in [0.25, 0.3) is 10.1 Å². The Morgan fingerprint density at radius 2 is 2.23 bits per heavy atom. The number of hydrogen-bond acceptors (Lipinski definition) is 2. The molecule has 3 heteroatoms. The van der Waals surface area contributed by atoms with Crippen LogP contribution < -0.4 is 0 Å². The molecule has 1 aromatic carbocycles. The summed E-state index contributed by atoms with van der Waals surface area (Å²) in [5.41, 5.74) is 0.870. The van der Waals surface area contributed by atoms with Crippen molar-refractivity contribution in [3.63, 3.8) is 0 Å². The highest BCUT2D eigenvalue weighted by Gasteiger charge is 2.09. The number of fused-ring (bicyclic) bond motifs is 1. The Labute approximate surface area is 79.4 Å². The van der Waals surface area contributed by atoms with Gasteiger partial charge in [0.15, 0.2) is 0 Å². The largest absolute Gasteiger partial charge is 0.506 e. The average molecular weight is 196 g/mol. The van der Waals surface area contributed by atoms with Crippen LogP contribution in [0.4, 0.5) is 4.39 Å². The van der Waals surface area contributed by atoms with Crippen LogP contribution in [-0.2, 0) is 6.42 Å². The maximum Gasteiger partial charge on any atom is 0.141 e. The summed E-state index contributed by atoms with van der Waals surface area (Å²) in [6.07, 6.45) is 0.765. The maximum absolute atomic E-state index is 13.1. The third-order valence-corrected chi connectivity index (χ3v) is 3.11. The summed E-state index contributed by atoms with van der Waals surface area (Å²) in [6, 6.07) is 3.49. The molecule has 0 bridgehead atoms. The molecule has 2 rings (SSSR count). The quantitative estimate of drug-likeness (QED) is 0.741. The number of phenols is 1. The van der Waals surface area contributed by atoms with Gasteiger partial charge in [0.05, 0.1) is 4.70 Å². The second kappa shape index (κ2) is 3.00. The van der Waals surface area contributed by atoms with Crippen molar-refractivity contribution in [1.29, 1.82) is 0 Å². The number of rotatable bonds is 1. The summed E-state index contributed by atoms with van der Waals surface area (Å²) in [4.78, 5) is 0. The summed E-state index contributed by atoms with van der Waals surface area (Å²) in [6.45, 7) is 1.96. The first-order chi connectivity index (χ1) is 6.24. The molecule has 0 saturated heterocycles. The van der Waals surface area contributed by atoms with Crippen LogP contribution in [0.2, 0.25) is 0 Å². The molecule has 1 N–H and O–H groups in total. The molecule has 0 fully saturated rings. The second-order valence-corrected chi connectivity index (χ2v) is 3.77. The van der Waals surface area contributed by atoms with Crippen molar-refractivity contribution in [2.45, 2.75) is 13.3 Å². The first kappa shape index (κ1) is 8.51. The topological polar surface area (TPSA) is 20.2 Å². The molecule has 0 amide bonds. The molecule has 13 heavy (non-hydrogen) atoms. The molecule has 1 nitrogen and oxygen atoms in total. The van der Waals surface area contributed by atoms with Crippen molar-refractivity contribution in [3.05, 3.63) is 28.9 Å². The van der Waals surface area contributed by atoms with Gasteiger partial charge in [-0.1, -0.05) is 19.1 Å². The number of aromatic hydroxyl groups is 1. The van der Waals surface area contributed by atoms with E-state index in [-0.39, 0.29) is 11.6 Å². The summed E-state index contributed by atoms with van der Waals surface area (Å²) >= 11 is 1.25. The molecule has 1 aromatic heterocycles. The van der Waals surface area contributed by atoms with E-state index in [0.29, 0.717) is 10.1 Å². The van der Waals surface area contributed by atoms with E-state index in [4.69, 9.17) is 0 Å². The number of halogens is 1. The SMILES string of the molecule is CCc1ccc2c(F)csc2c1O. The molecule has 0 spiro atoms. The van der Waals surface area contributed by atoms with E-state index < -0.39 is 0 Å². The van der Waals surface area contributed by atoms with Gasteiger partial charge in [0.25, 0.3) is 0 Å². The lowest BCUT2D eigenvalue weighted by Gasteiger charge is -2.01. The van der Waals surface area contributed by atoms with Gasteiger partial charge >= 0.3 is 0 Å². The molecule has 0 unspecified atom stereocenters. The van der Waals surface area contributed by atoms with Crippen LogP contribution in [0.3, 0.4) is 0 Å². The van der Waals surface area contributed by atoms with Gasteiger partial charge in [0.2, 0.25) is 0 Å². The highest BCUT2D eigenvalue weighted by atomic mass is 32.1. The van der Waals surface area contributed by atoms with E-state index in [1.54, 1.807) is 12.1 Å². The summed E-state index contributed by atoms with van der Waals surface area (Å²) in [5.74, 6) is -0.0214. The van der Waals surface area contributed by atoms with Gasteiger partial charge in [-0.2, -0.15) is 0 Å². The van der Waals surface area contributed by atoms with Crippen molar-refractivity contribution in [1.82, 2.24) is 0 Å². The Morgan fingerprint density at radius 3 is 2.92 bits per heavy atom. The zero-order valence-electron chi connectivity index (χ0n) is 7.17. The van der Waals surface area contributed by atoms with Gasteiger partial charge < -0.3 is 5.11 Å². The maximum atomic E-state index is 13.1. The van der Waals surface area contributed by atoms with Crippen LogP contribution in [0.5, 0.6) is 5.75 Å². The van der Waals surface area contributed by atoms with Crippen LogP contribution in [-0.4, -0.2) is 5.11 Å². The summed E-state index contributed by atoms with van der Waals surface area (Å²) in [7, 11) is 0. The van der Waals surface area contributed by atoms with Crippen molar-refractivity contribution in [2.24, 2.45) is 0 Å². The zero-order chi connectivity index (χ0) is 9.42. The van der Waals surface area contributed by atoms with Gasteiger partial charge in [-0.05, 0) is 12.0 Å². The third-order valence-electron chi connectivity index (χ3n) is 2.13. The van der Waals surface area contributed by atoms with E-state index in [1.807, 2.05) is 6.92 Å². The normalized spacial score (nSPS) is 10.9. The Kier molecular flexibility index (Phi) is 1.96. The zero-order valence-corrected chi connectivity index (χ0v) is 7.99. The van der Waals surface area contributed by atoms with Crippen molar-refractivity contribution >= 4 is 21.4 Å². The highest BCUT2D eigenvalue weighted by molar-refractivity contribution is 7.17. The Morgan fingerprint density at radius 1 is 1.46 bits per heavy atom. The van der Waals surface area contributed by atoms with Crippen LogP contribution in [0, 0.1) is 5.82 Å². The molecule has 0 aliphatic carbocycles. The monoisotopic (exact) mass is 196 g/mol. The van der Waals surface area contributed by atoms with Crippen molar-refractivity contribution in [3.8, 4) is 5.75 Å². The number of hydrogen-bond donors (Lipinski definition) is 1. The van der Waals surface area contributed by atoms with E-state index in [9.17, 15) is 9.50 Å². The second-order valence-electron chi connectivity index (χ2n) is 2.89. The summed E-state index contributed by atoms with van der Waals surface area (Å²) in [5, 5.41) is 11.6. The molecule has 68 valence electrons. The Balaban J connectivity index is 2.80. The molecule has 0 aliphatic heterocycles. The predicted molar refractivity (Wildman–Crippen MR) is 52.8 cm³/mol. The lowest BCUT2D eigenvalue weighted by molar-refractivity contribution is 0.476. The molecular formula is C10H9FOS. The lowest BCUT2D eigenvalue weighted by atomic mass is 10.1. The minimum atomic E-state index is -0.252. The van der Waals surface area contributed by atoms with Gasteiger partial charge in [0, 0.05) is 10.8 Å². The number of benzene rings is 1. The molecule has 2 aromatic rings. The molecule has 1 heterocycles. The number of thiophene rings is 1. The van der Waals surface area contributed by atoms with Gasteiger partial charge in [-0.15, -0.1) is 11.3 Å². The van der Waals surface area contributed by atoms with E-state index in [1.165, 1.54) is 16.7 Å². The third kappa shape index (κ3) is 1.20. The molecule has 0 radical (unpaired) electrons. The van der Waals surface area contributed by atoms with Gasteiger partial charge in [0.1, 0.15) is 11.6 Å². The van der Waals surface area contributed by atoms with E-state index in [0.717, 1.165) is 12.0 Å². The summed E-state index contributed by atoms with van der Waals surface area (Å²) < 4.78 is 13.7.